The van der Waals surface area contributed by atoms with Crippen molar-refractivity contribution in [1.29, 1.82) is 0 Å². The normalized spacial score (nSPS) is 11.2. The molecular formula is C24H20ClNO5S. The van der Waals surface area contributed by atoms with Crippen LogP contribution < -0.4 is 18.9 Å². The first-order valence-corrected chi connectivity index (χ1v) is 11.5. The molecule has 0 fully saturated rings. The predicted molar refractivity (Wildman–Crippen MR) is 126 cm³/mol. The Balaban J connectivity index is 1.68. The van der Waals surface area contributed by atoms with E-state index in [1.807, 2.05) is 18.2 Å². The van der Waals surface area contributed by atoms with E-state index in [-0.39, 0.29) is 16.3 Å². The fraction of sp³-hybridized carbons (Fsp3) is 0.0833. The molecule has 0 aromatic heterocycles. The first-order valence-electron chi connectivity index (χ1n) is 9.61. The van der Waals surface area contributed by atoms with E-state index in [0.717, 1.165) is 10.8 Å². The van der Waals surface area contributed by atoms with Gasteiger partial charge < -0.3 is 14.2 Å². The Morgan fingerprint density at radius 3 is 2.22 bits per heavy atom. The van der Waals surface area contributed by atoms with E-state index in [1.54, 1.807) is 55.6 Å². The minimum Gasteiger partial charge on any atom is -0.497 e. The molecule has 0 saturated carbocycles. The fourth-order valence-corrected chi connectivity index (χ4v) is 4.46. The van der Waals surface area contributed by atoms with Gasteiger partial charge in [0.1, 0.15) is 5.75 Å². The fourth-order valence-electron chi connectivity index (χ4n) is 3.19. The van der Waals surface area contributed by atoms with Gasteiger partial charge in [-0.25, -0.2) is 8.42 Å². The summed E-state index contributed by atoms with van der Waals surface area (Å²) in [5.41, 5.74) is 0.207. The lowest BCUT2D eigenvalue weighted by atomic mass is 10.1. The van der Waals surface area contributed by atoms with Crippen LogP contribution in [0.5, 0.6) is 23.0 Å². The molecule has 8 heteroatoms. The first-order chi connectivity index (χ1) is 15.4. The maximum atomic E-state index is 13.1. The van der Waals surface area contributed by atoms with Crippen LogP contribution in [-0.4, -0.2) is 22.6 Å². The third-order valence-electron chi connectivity index (χ3n) is 4.80. The molecule has 0 heterocycles. The van der Waals surface area contributed by atoms with Crippen molar-refractivity contribution in [3.8, 4) is 23.0 Å². The number of anilines is 1. The van der Waals surface area contributed by atoms with E-state index in [2.05, 4.69) is 4.72 Å². The van der Waals surface area contributed by atoms with Gasteiger partial charge in [0.25, 0.3) is 10.0 Å². The van der Waals surface area contributed by atoms with Crippen LogP contribution in [0.15, 0.2) is 83.8 Å². The molecule has 164 valence electrons. The Morgan fingerprint density at radius 2 is 1.47 bits per heavy atom. The van der Waals surface area contributed by atoms with E-state index >= 15 is 0 Å². The van der Waals surface area contributed by atoms with Crippen molar-refractivity contribution in [2.75, 3.05) is 18.9 Å². The van der Waals surface area contributed by atoms with Gasteiger partial charge in [-0.1, -0.05) is 35.9 Å². The van der Waals surface area contributed by atoms with Crippen molar-refractivity contribution < 1.29 is 22.6 Å². The summed E-state index contributed by atoms with van der Waals surface area (Å²) in [6, 6.07) is 22.1. The monoisotopic (exact) mass is 469 g/mol. The Labute approximate surface area is 191 Å². The molecule has 0 atom stereocenters. The highest BCUT2D eigenvalue weighted by Crippen LogP contribution is 2.37. The Kier molecular flexibility index (Phi) is 6.12. The molecule has 0 unspecified atom stereocenters. The summed E-state index contributed by atoms with van der Waals surface area (Å²) in [7, 11) is -0.805. The summed E-state index contributed by atoms with van der Waals surface area (Å²) in [5, 5.41) is 2.00. The molecule has 0 aliphatic heterocycles. The number of methoxy groups -OCH3 is 2. The van der Waals surface area contributed by atoms with Gasteiger partial charge in [-0.2, -0.15) is 0 Å². The summed E-state index contributed by atoms with van der Waals surface area (Å²) in [5.74, 6) is 1.94. The lowest BCUT2D eigenvalue weighted by molar-refractivity contribution is 0.379. The number of benzene rings is 4. The molecule has 0 saturated heterocycles. The van der Waals surface area contributed by atoms with Crippen molar-refractivity contribution in [2.45, 2.75) is 4.90 Å². The Hall–Kier alpha value is -3.42. The number of para-hydroxylation sites is 2. The van der Waals surface area contributed by atoms with Gasteiger partial charge in [-0.3, -0.25) is 4.72 Å². The van der Waals surface area contributed by atoms with Crippen LogP contribution in [0.2, 0.25) is 5.02 Å². The highest BCUT2D eigenvalue weighted by atomic mass is 35.5. The highest BCUT2D eigenvalue weighted by molar-refractivity contribution is 7.92. The molecule has 1 N–H and O–H groups in total. The van der Waals surface area contributed by atoms with Crippen LogP contribution in [0, 0.1) is 0 Å². The van der Waals surface area contributed by atoms with Gasteiger partial charge in [0.2, 0.25) is 0 Å². The maximum absolute atomic E-state index is 13.1. The van der Waals surface area contributed by atoms with Crippen molar-refractivity contribution >= 4 is 38.1 Å². The van der Waals surface area contributed by atoms with Gasteiger partial charge in [0, 0.05) is 5.02 Å². The Morgan fingerprint density at radius 1 is 0.750 bits per heavy atom. The zero-order valence-electron chi connectivity index (χ0n) is 17.3. The first kappa shape index (κ1) is 21.8. The molecule has 6 nitrogen and oxygen atoms in total. The summed E-state index contributed by atoms with van der Waals surface area (Å²) >= 11 is 6.13. The third-order valence-corrected chi connectivity index (χ3v) is 6.40. The molecule has 4 aromatic rings. The van der Waals surface area contributed by atoms with E-state index in [0.29, 0.717) is 22.3 Å². The smallest absolute Gasteiger partial charge is 0.262 e. The number of nitrogens with one attached hydrogen (secondary N) is 1. The molecule has 0 aliphatic rings. The number of rotatable bonds is 7. The van der Waals surface area contributed by atoms with Crippen LogP contribution in [-0.2, 0) is 10.0 Å². The molecule has 0 aliphatic carbocycles. The number of sulfonamides is 1. The molecule has 4 rings (SSSR count). The second-order valence-electron chi connectivity index (χ2n) is 6.87. The van der Waals surface area contributed by atoms with Crippen molar-refractivity contribution in [1.82, 2.24) is 0 Å². The lowest BCUT2D eigenvalue weighted by Gasteiger charge is -2.15. The van der Waals surface area contributed by atoms with Gasteiger partial charge in [0.15, 0.2) is 17.2 Å². The summed E-state index contributed by atoms with van der Waals surface area (Å²) < 4.78 is 45.4. The minimum absolute atomic E-state index is 0.110. The topological polar surface area (TPSA) is 73.9 Å². The van der Waals surface area contributed by atoms with Crippen LogP contribution in [0.25, 0.3) is 10.8 Å². The van der Waals surface area contributed by atoms with E-state index in [9.17, 15) is 8.42 Å². The number of hydrogen-bond acceptors (Lipinski definition) is 5. The maximum Gasteiger partial charge on any atom is 0.262 e. The predicted octanol–water partition coefficient (Wildman–Crippen LogP) is 6.10. The number of halogens is 1. The van der Waals surface area contributed by atoms with Gasteiger partial charge in [-0.05, 0) is 65.4 Å². The second-order valence-corrected chi connectivity index (χ2v) is 8.99. The highest BCUT2D eigenvalue weighted by Gasteiger charge is 2.19. The van der Waals surface area contributed by atoms with E-state index in [1.165, 1.54) is 19.2 Å². The lowest BCUT2D eigenvalue weighted by Crippen LogP contribution is -2.13. The molecule has 0 amide bonds. The molecule has 0 spiro atoms. The number of ether oxygens (including phenoxy) is 3. The second kappa shape index (κ2) is 8.98. The molecule has 32 heavy (non-hydrogen) atoms. The van der Waals surface area contributed by atoms with Crippen LogP contribution >= 0.6 is 11.6 Å². The standard InChI is InChI=1S/C24H20ClNO5S/c1-29-19-10-7-17-14-20(11-8-16(17)13-19)32(27,28)26-21-15-18(25)9-12-22(21)31-24-6-4-3-5-23(24)30-2/h3-15,26H,1-2H3. The molecule has 0 radical (unpaired) electrons. The van der Waals surface area contributed by atoms with Crippen molar-refractivity contribution in [2.24, 2.45) is 0 Å². The minimum atomic E-state index is -3.92. The number of hydrogen-bond donors (Lipinski definition) is 1. The quantitative estimate of drug-likeness (QED) is 0.354. The average Bonchev–Trinajstić information content (AvgIpc) is 2.80. The van der Waals surface area contributed by atoms with Crippen molar-refractivity contribution in [3.05, 3.63) is 83.9 Å². The van der Waals surface area contributed by atoms with E-state index < -0.39 is 10.0 Å². The van der Waals surface area contributed by atoms with Gasteiger partial charge in [0.05, 0.1) is 24.8 Å². The largest absolute Gasteiger partial charge is 0.497 e. The van der Waals surface area contributed by atoms with E-state index in [4.69, 9.17) is 25.8 Å². The summed E-state index contributed by atoms with van der Waals surface area (Å²) in [6.45, 7) is 0. The van der Waals surface area contributed by atoms with Crippen LogP contribution in [0.3, 0.4) is 0 Å². The summed E-state index contributed by atoms with van der Waals surface area (Å²) in [4.78, 5) is 0.110. The molecule has 4 aromatic carbocycles. The van der Waals surface area contributed by atoms with Gasteiger partial charge >= 0.3 is 0 Å². The Bertz CT molecular complexity index is 1390. The number of fused-ring (bicyclic) bond motifs is 1. The van der Waals surface area contributed by atoms with Crippen LogP contribution in [0.1, 0.15) is 0 Å². The average molecular weight is 470 g/mol. The van der Waals surface area contributed by atoms with Gasteiger partial charge in [-0.15, -0.1) is 0 Å². The zero-order chi connectivity index (χ0) is 22.7. The van der Waals surface area contributed by atoms with Crippen LogP contribution in [0.4, 0.5) is 5.69 Å². The summed E-state index contributed by atoms with van der Waals surface area (Å²) in [6.07, 6.45) is 0. The zero-order valence-corrected chi connectivity index (χ0v) is 18.9. The van der Waals surface area contributed by atoms with Crippen molar-refractivity contribution in [3.63, 3.8) is 0 Å². The third kappa shape index (κ3) is 4.59. The molecule has 0 bridgehead atoms. The SMILES string of the molecule is COc1ccc2cc(S(=O)(=O)Nc3cc(Cl)ccc3Oc3ccccc3OC)ccc2c1. The molecular weight excluding hydrogens is 450 g/mol.